The molecular formula is C19H32N4O2. The first-order chi connectivity index (χ1) is 11.8. The molecule has 6 heteroatoms. The maximum absolute atomic E-state index is 11.8. The first kappa shape index (κ1) is 19.5. The van der Waals surface area contributed by atoms with E-state index in [2.05, 4.69) is 34.4 Å². The van der Waals surface area contributed by atoms with Crippen LogP contribution in [0.25, 0.3) is 0 Å². The Kier molecular flexibility index (Phi) is 6.64. The summed E-state index contributed by atoms with van der Waals surface area (Å²) in [6.07, 6.45) is 3.72. The van der Waals surface area contributed by atoms with Crippen molar-refractivity contribution in [3.05, 3.63) is 18.3 Å². The summed E-state index contributed by atoms with van der Waals surface area (Å²) in [6, 6.07) is 4.14. The van der Waals surface area contributed by atoms with Crippen molar-refractivity contribution in [1.82, 2.24) is 9.88 Å². The van der Waals surface area contributed by atoms with Gasteiger partial charge in [-0.2, -0.15) is 0 Å². The van der Waals surface area contributed by atoms with Gasteiger partial charge in [0.25, 0.3) is 0 Å². The number of ether oxygens (including phenoxy) is 1. The standard InChI is InChI=1S/C19H32N4O2/c1-6-23-11-9-15(10-12-23)14(2)21-16-7-8-17(20-13-16)22-18(24)25-19(3,4)5/h7-8,13-15,21H,6,9-12H2,1-5H3,(H,20,22,24). The summed E-state index contributed by atoms with van der Waals surface area (Å²) in [6.45, 7) is 13.5. The Morgan fingerprint density at radius 2 is 2.04 bits per heavy atom. The summed E-state index contributed by atoms with van der Waals surface area (Å²) < 4.78 is 5.22. The van der Waals surface area contributed by atoms with E-state index in [9.17, 15) is 4.79 Å². The van der Waals surface area contributed by atoms with E-state index in [0.29, 0.717) is 17.8 Å². The second kappa shape index (κ2) is 8.52. The van der Waals surface area contributed by atoms with Crippen molar-refractivity contribution in [3.8, 4) is 0 Å². The lowest BCUT2D eigenvalue weighted by molar-refractivity contribution is 0.0635. The molecule has 0 spiro atoms. The number of anilines is 2. The number of hydrogen-bond donors (Lipinski definition) is 2. The van der Waals surface area contributed by atoms with E-state index in [1.807, 2.05) is 26.8 Å². The number of rotatable bonds is 5. The third-order valence-electron chi connectivity index (χ3n) is 4.57. The van der Waals surface area contributed by atoms with Crippen LogP contribution in [0, 0.1) is 5.92 Å². The maximum Gasteiger partial charge on any atom is 0.413 e. The van der Waals surface area contributed by atoms with Crippen molar-refractivity contribution in [1.29, 1.82) is 0 Å². The van der Waals surface area contributed by atoms with Crippen LogP contribution in [0.4, 0.5) is 16.3 Å². The third kappa shape index (κ3) is 6.53. The molecule has 25 heavy (non-hydrogen) atoms. The summed E-state index contributed by atoms with van der Waals surface area (Å²) in [5, 5.41) is 6.19. The number of pyridine rings is 1. The van der Waals surface area contributed by atoms with Gasteiger partial charge in [-0.1, -0.05) is 6.92 Å². The van der Waals surface area contributed by atoms with Gasteiger partial charge in [0.2, 0.25) is 0 Å². The molecule has 1 aromatic heterocycles. The zero-order chi connectivity index (χ0) is 18.4. The number of nitrogens with one attached hydrogen (secondary N) is 2. The average molecular weight is 348 g/mol. The highest BCUT2D eigenvalue weighted by Crippen LogP contribution is 2.23. The van der Waals surface area contributed by atoms with E-state index in [0.717, 1.165) is 12.2 Å². The molecule has 1 unspecified atom stereocenters. The molecule has 0 radical (unpaired) electrons. The fourth-order valence-electron chi connectivity index (χ4n) is 3.11. The monoisotopic (exact) mass is 348 g/mol. The van der Waals surface area contributed by atoms with Crippen LogP contribution in [0.3, 0.4) is 0 Å². The summed E-state index contributed by atoms with van der Waals surface area (Å²) in [7, 11) is 0. The minimum absolute atomic E-state index is 0.408. The quantitative estimate of drug-likeness (QED) is 0.843. The Hall–Kier alpha value is -1.82. The van der Waals surface area contributed by atoms with Crippen LogP contribution < -0.4 is 10.6 Å². The first-order valence-corrected chi connectivity index (χ1v) is 9.22. The number of carbonyl (C=O) groups is 1. The molecule has 140 valence electrons. The van der Waals surface area contributed by atoms with Gasteiger partial charge in [-0.25, -0.2) is 9.78 Å². The number of carbonyl (C=O) groups excluding carboxylic acids is 1. The number of amides is 1. The molecule has 1 atom stereocenters. The summed E-state index contributed by atoms with van der Waals surface area (Å²) in [5.41, 5.74) is 0.453. The fraction of sp³-hybridized carbons (Fsp3) is 0.684. The van der Waals surface area contributed by atoms with Gasteiger partial charge in [0, 0.05) is 6.04 Å². The number of nitrogens with zero attached hydrogens (tertiary/aromatic N) is 2. The second-order valence-electron chi connectivity index (χ2n) is 7.76. The van der Waals surface area contributed by atoms with Crippen LogP contribution in [0.1, 0.15) is 47.5 Å². The van der Waals surface area contributed by atoms with Crippen molar-refractivity contribution >= 4 is 17.6 Å². The number of aromatic nitrogens is 1. The van der Waals surface area contributed by atoms with E-state index >= 15 is 0 Å². The molecule has 0 bridgehead atoms. The van der Waals surface area contributed by atoms with Crippen LogP contribution >= 0.6 is 0 Å². The molecule has 6 nitrogen and oxygen atoms in total. The Balaban J connectivity index is 1.82. The zero-order valence-electron chi connectivity index (χ0n) is 16.1. The molecular weight excluding hydrogens is 316 g/mol. The lowest BCUT2D eigenvalue weighted by Crippen LogP contribution is -2.39. The van der Waals surface area contributed by atoms with Crippen LogP contribution in [0.5, 0.6) is 0 Å². The van der Waals surface area contributed by atoms with Gasteiger partial charge in [-0.15, -0.1) is 0 Å². The van der Waals surface area contributed by atoms with Gasteiger partial charge in [0.15, 0.2) is 0 Å². The van der Waals surface area contributed by atoms with E-state index in [4.69, 9.17) is 4.74 Å². The Morgan fingerprint density at radius 1 is 1.36 bits per heavy atom. The number of piperidine rings is 1. The van der Waals surface area contributed by atoms with Crippen LogP contribution in [0.15, 0.2) is 18.3 Å². The fourth-order valence-corrected chi connectivity index (χ4v) is 3.11. The molecule has 1 saturated heterocycles. The predicted molar refractivity (Wildman–Crippen MR) is 102 cm³/mol. The lowest BCUT2D eigenvalue weighted by atomic mass is 9.90. The van der Waals surface area contributed by atoms with Crippen molar-refractivity contribution in [2.75, 3.05) is 30.3 Å². The molecule has 0 aromatic carbocycles. The molecule has 1 aromatic rings. The molecule has 0 aliphatic carbocycles. The Morgan fingerprint density at radius 3 is 2.56 bits per heavy atom. The summed E-state index contributed by atoms with van der Waals surface area (Å²) >= 11 is 0. The summed E-state index contributed by atoms with van der Waals surface area (Å²) in [4.78, 5) is 18.5. The van der Waals surface area contributed by atoms with E-state index in [-0.39, 0.29) is 0 Å². The second-order valence-corrected chi connectivity index (χ2v) is 7.76. The van der Waals surface area contributed by atoms with Crippen molar-refractivity contribution in [2.45, 2.75) is 59.1 Å². The van der Waals surface area contributed by atoms with Crippen LogP contribution in [-0.2, 0) is 4.74 Å². The molecule has 1 aliphatic rings. The van der Waals surface area contributed by atoms with Crippen molar-refractivity contribution < 1.29 is 9.53 Å². The van der Waals surface area contributed by atoms with Gasteiger partial charge >= 0.3 is 6.09 Å². The lowest BCUT2D eigenvalue weighted by Gasteiger charge is -2.34. The SMILES string of the molecule is CCN1CCC(C(C)Nc2ccc(NC(=O)OC(C)(C)C)nc2)CC1. The molecule has 1 fully saturated rings. The molecule has 2 N–H and O–H groups in total. The number of hydrogen-bond acceptors (Lipinski definition) is 5. The van der Waals surface area contributed by atoms with E-state index < -0.39 is 11.7 Å². The molecule has 2 rings (SSSR count). The van der Waals surface area contributed by atoms with Crippen molar-refractivity contribution in [3.63, 3.8) is 0 Å². The minimum Gasteiger partial charge on any atom is -0.444 e. The maximum atomic E-state index is 11.8. The first-order valence-electron chi connectivity index (χ1n) is 9.22. The molecule has 1 aliphatic heterocycles. The Bertz CT molecular complexity index is 546. The highest BCUT2D eigenvalue weighted by molar-refractivity contribution is 5.83. The summed E-state index contributed by atoms with van der Waals surface area (Å²) in [5.74, 6) is 1.17. The van der Waals surface area contributed by atoms with Crippen molar-refractivity contribution in [2.24, 2.45) is 5.92 Å². The van der Waals surface area contributed by atoms with E-state index in [1.165, 1.54) is 25.9 Å². The van der Waals surface area contributed by atoms with E-state index in [1.54, 1.807) is 12.3 Å². The van der Waals surface area contributed by atoms with Gasteiger partial charge < -0.3 is 15.0 Å². The van der Waals surface area contributed by atoms with Gasteiger partial charge in [0.05, 0.1) is 11.9 Å². The molecule has 2 heterocycles. The highest BCUT2D eigenvalue weighted by atomic mass is 16.6. The topological polar surface area (TPSA) is 66.5 Å². The Labute approximate surface area is 151 Å². The van der Waals surface area contributed by atoms with Gasteiger partial charge in [-0.05, 0) is 78.2 Å². The minimum atomic E-state index is -0.519. The molecule has 0 saturated carbocycles. The largest absolute Gasteiger partial charge is 0.444 e. The third-order valence-corrected chi connectivity index (χ3v) is 4.57. The highest BCUT2D eigenvalue weighted by Gasteiger charge is 2.23. The van der Waals surface area contributed by atoms with Crippen LogP contribution in [-0.4, -0.2) is 47.3 Å². The smallest absolute Gasteiger partial charge is 0.413 e. The van der Waals surface area contributed by atoms with Gasteiger partial charge in [0.1, 0.15) is 11.4 Å². The zero-order valence-corrected chi connectivity index (χ0v) is 16.1. The average Bonchev–Trinajstić information content (AvgIpc) is 2.55. The van der Waals surface area contributed by atoms with Gasteiger partial charge in [-0.3, -0.25) is 5.32 Å². The van der Waals surface area contributed by atoms with Crippen LogP contribution in [0.2, 0.25) is 0 Å². The normalized spacial score (nSPS) is 17.8. The molecule has 1 amide bonds. The predicted octanol–water partition coefficient (Wildman–Crippen LogP) is 3.96. The number of likely N-dealkylation sites (tertiary alicyclic amines) is 1.